The van der Waals surface area contributed by atoms with Crippen molar-refractivity contribution in [3.63, 3.8) is 0 Å². The molecule has 0 spiro atoms. The third kappa shape index (κ3) is 4.57. The van der Waals surface area contributed by atoms with Crippen LogP contribution in [-0.4, -0.2) is 22.1 Å². The number of carbonyl (C=O) groups excluding carboxylic acids is 1. The summed E-state index contributed by atoms with van der Waals surface area (Å²) in [5, 5.41) is 14.1. The van der Waals surface area contributed by atoms with Crippen LogP contribution in [0.2, 0.25) is 0 Å². The van der Waals surface area contributed by atoms with Crippen molar-refractivity contribution < 1.29 is 14.7 Å². The number of carboxylic acids is 1. The minimum Gasteiger partial charge on any atom is -0.478 e. The highest BCUT2D eigenvalue weighted by Gasteiger charge is 2.06. The van der Waals surface area contributed by atoms with E-state index in [-0.39, 0.29) is 18.1 Å². The van der Waals surface area contributed by atoms with Gasteiger partial charge in [-0.2, -0.15) is 0 Å². The molecule has 1 aromatic carbocycles. The van der Waals surface area contributed by atoms with E-state index in [9.17, 15) is 9.59 Å². The molecule has 3 N–H and O–H groups in total. The van der Waals surface area contributed by atoms with E-state index in [1.54, 1.807) is 12.1 Å². The minimum absolute atomic E-state index is 0.134. The molecule has 2 amide bonds. The zero-order valence-electron chi connectivity index (χ0n) is 10.8. The van der Waals surface area contributed by atoms with Gasteiger partial charge in [-0.15, -0.1) is 0 Å². The number of hydrogen-bond donors (Lipinski definition) is 3. The van der Waals surface area contributed by atoms with E-state index in [0.29, 0.717) is 11.4 Å². The van der Waals surface area contributed by atoms with Gasteiger partial charge in [0.05, 0.1) is 17.8 Å². The first-order chi connectivity index (χ1) is 10.0. The van der Waals surface area contributed by atoms with Crippen molar-refractivity contribution in [2.75, 3.05) is 5.32 Å². The van der Waals surface area contributed by atoms with Gasteiger partial charge in [-0.25, -0.2) is 9.59 Å². The topological polar surface area (TPSA) is 91.3 Å². The van der Waals surface area contributed by atoms with Gasteiger partial charge in [-0.3, -0.25) is 4.98 Å². The van der Waals surface area contributed by atoms with Crippen LogP contribution in [-0.2, 0) is 6.54 Å². The molecule has 0 unspecified atom stereocenters. The van der Waals surface area contributed by atoms with Crippen molar-refractivity contribution in [3.8, 4) is 0 Å². The zero-order chi connectivity index (χ0) is 15.2. The normalized spacial score (nSPS) is 9.95. The van der Waals surface area contributed by atoms with Crippen LogP contribution >= 0.6 is 15.9 Å². The molecule has 0 aliphatic heterocycles. The standard InChI is InChI=1S/C14H12BrN3O3/c15-10-1-3-11(4-2-10)18-14(21)17-8-12-7-9(13(19)20)5-6-16-12/h1-7H,8H2,(H,19,20)(H2,17,18,21). The molecule has 2 rings (SSSR count). The van der Waals surface area contributed by atoms with Crippen molar-refractivity contribution in [1.29, 1.82) is 0 Å². The summed E-state index contributed by atoms with van der Waals surface area (Å²) in [5.41, 5.74) is 1.26. The summed E-state index contributed by atoms with van der Waals surface area (Å²) in [4.78, 5) is 26.5. The number of pyridine rings is 1. The van der Waals surface area contributed by atoms with Crippen LogP contribution in [0, 0.1) is 0 Å². The van der Waals surface area contributed by atoms with Crippen LogP contribution < -0.4 is 10.6 Å². The lowest BCUT2D eigenvalue weighted by Gasteiger charge is -2.07. The first-order valence-electron chi connectivity index (χ1n) is 6.03. The van der Waals surface area contributed by atoms with Crippen molar-refractivity contribution in [2.24, 2.45) is 0 Å². The van der Waals surface area contributed by atoms with E-state index in [0.717, 1.165) is 4.47 Å². The summed E-state index contributed by atoms with van der Waals surface area (Å²) >= 11 is 3.31. The number of urea groups is 1. The van der Waals surface area contributed by atoms with Gasteiger partial charge in [-0.05, 0) is 36.4 Å². The molecule has 0 aliphatic rings. The average Bonchev–Trinajstić information content (AvgIpc) is 2.48. The average molecular weight is 350 g/mol. The smallest absolute Gasteiger partial charge is 0.335 e. The van der Waals surface area contributed by atoms with Gasteiger partial charge >= 0.3 is 12.0 Å². The summed E-state index contributed by atoms with van der Waals surface area (Å²) in [7, 11) is 0. The number of hydrogen-bond acceptors (Lipinski definition) is 3. The van der Waals surface area contributed by atoms with Gasteiger partial charge in [0.15, 0.2) is 0 Å². The molecule has 0 atom stereocenters. The molecule has 7 heteroatoms. The number of nitrogens with zero attached hydrogens (tertiary/aromatic N) is 1. The van der Waals surface area contributed by atoms with E-state index >= 15 is 0 Å². The van der Waals surface area contributed by atoms with Gasteiger partial charge in [0.25, 0.3) is 0 Å². The van der Waals surface area contributed by atoms with Crippen LogP contribution in [0.5, 0.6) is 0 Å². The van der Waals surface area contributed by atoms with Crippen LogP contribution in [0.15, 0.2) is 47.1 Å². The quantitative estimate of drug-likeness (QED) is 0.791. The second-order valence-electron chi connectivity index (χ2n) is 4.16. The number of benzene rings is 1. The molecular formula is C14H12BrN3O3. The Morgan fingerprint density at radius 1 is 1.19 bits per heavy atom. The Labute approximate surface area is 129 Å². The van der Waals surface area contributed by atoms with Gasteiger partial charge in [0, 0.05) is 16.4 Å². The summed E-state index contributed by atoms with van der Waals surface area (Å²) < 4.78 is 0.920. The number of carbonyl (C=O) groups is 2. The molecule has 6 nitrogen and oxygen atoms in total. The third-order valence-corrected chi connectivity index (χ3v) is 3.12. The summed E-state index contributed by atoms with van der Waals surface area (Å²) in [5.74, 6) is -1.03. The predicted molar refractivity (Wildman–Crippen MR) is 81.2 cm³/mol. The molecule has 21 heavy (non-hydrogen) atoms. The van der Waals surface area contributed by atoms with Gasteiger partial charge in [0.1, 0.15) is 0 Å². The predicted octanol–water partition coefficient (Wildman–Crippen LogP) is 2.86. The van der Waals surface area contributed by atoms with Crippen LogP contribution in [0.4, 0.5) is 10.5 Å². The molecule has 108 valence electrons. The van der Waals surface area contributed by atoms with Crippen molar-refractivity contribution >= 4 is 33.6 Å². The van der Waals surface area contributed by atoms with Gasteiger partial charge in [-0.1, -0.05) is 15.9 Å². The maximum Gasteiger partial charge on any atom is 0.335 e. The number of amides is 2. The molecule has 0 aliphatic carbocycles. The molecule has 0 saturated carbocycles. The SMILES string of the molecule is O=C(NCc1cc(C(=O)O)ccn1)Nc1ccc(Br)cc1. The summed E-state index contributed by atoms with van der Waals surface area (Å²) in [6, 6.07) is 9.57. The lowest BCUT2D eigenvalue weighted by Crippen LogP contribution is -2.28. The van der Waals surface area contributed by atoms with Gasteiger partial charge < -0.3 is 15.7 Å². The number of aromatic carboxylic acids is 1. The highest BCUT2D eigenvalue weighted by Crippen LogP contribution is 2.13. The van der Waals surface area contributed by atoms with Crippen LogP contribution in [0.1, 0.15) is 16.1 Å². The number of halogens is 1. The van der Waals surface area contributed by atoms with Crippen LogP contribution in [0.3, 0.4) is 0 Å². The largest absolute Gasteiger partial charge is 0.478 e. The minimum atomic E-state index is -1.03. The zero-order valence-corrected chi connectivity index (χ0v) is 12.4. The molecule has 1 heterocycles. The molecule has 0 fully saturated rings. The summed E-state index contributed by atoms with van der Waals surface area (Å²) in [6.45, 7) is 0.142. The molecule has 0 saturated heterocycles. The first-order valence-corrected chi connectivity index (χ1v) is 6.82. The van der Waals surface area contributed by atoms with E-state index in [1.807, 2.05) is 12.1 Å². The Balaban J connectivity index is 1.90. The number of carboxylic acid groups (broad SMARTS) is 1. The van der Waals surface area contributed by atoms with E-state index in [4.69, 9.17) is 5.11 Å². The number of rotatable bonds is 4. The molecule has 1 aromatic heterocycles. The van der Waals surface area contributed by atoms with E-state index < -0.39 is 5.97 Å². The molecule has 0 bridgehead atoms. The van der Waals surface area contributed by atoms with Crippen molar-refractivity contribution in [2.45, 2.75) is 6.54 Å². The van der Waals surface area contributed by atoms with Crippen molar-refractivity contribution in [3.05, 3.63) is 58.3 Å². The second-order valence-corrected chi connectivity index (χ2v) is 5.07. The fourth-order valence-electron chi connectivity index (χ4n) is 1.59. The summed E-state index contributed by atoms with van der Waals surface area (Å²) in [6.07, 6.45) is 1.40. The van der Waals surface area contributed by atoms with Crippen LogP contribution in [0.25, 0.3) is 0 Å². The highest BCUT2D eigenvalue weighted by atomic mass is 79.9. The maximum atomic E-state index is 11.7. The van der Waals surface area contributed by atoms with Gasteiger partial charge in [0.2, 0.25) is 0 Å². The highest BCUT2D eigenvalue weighted by molar-refractivity contribution is 9.10. The number of aromatic nitrogens is 1. The Morgan fingerprint density at radius 3 is 2.57 bits per heavy atom. The fourth-order valence-corrected chi connectivity index (χ4v) is 1.85. The Kier molecular flexibility index (Phi) is 4.89. The Morgan fingerprint density at radius 2 is 1.90 bits per heavy atom. The molecule has 2 aromatic rings. The lowest BCUT2D eigenvalue weighted by molar-refractivity contribution is 0.0696. The monoisotopic (exact) mass is 349 g/mol. The van der Waals surface area contributed by atoms with E-state index in [1.165, 1.54) is 18.3 Å². The Bertz CT molecular complexity index is 659. The first kappa shape index (κ1) is 15.0. The lowest BCUT2D eigenvalue weighted by atomic mass is 10.2. The number of nitrogens with one attached hydrogen (secondary N) is 2. The fraction of sp³-hybridized carbons (Fsp3) is 0.0714. The molecule has 0 radical (unpaired) electrons. The van der Waals surface area contributed by atoms with Crippen molar-refractivity contribution in [1.82, 2.24) is 10.3 Å². The maximum absolute atomic E-state index is 11.7. The number of anilines is 1. The second kappa shape index (κ2) is 6.85. The van der Waals surface area contributed by atoms with E-state index in [2.05, 4.69) is 31.5 Å². The Hall–Kier alpha value is -2.41. The third-order valence-electron chi connectivity index (χ3n) is 2.60. The molecular weight excluding hydrogens is 338 g/mol.